The highest BCUT2D eigenvalue weighted by Crippen LogP contribution is 2.26. The molecule has 1 aliphatic heterocycles. The number of sulfonamides is 1. The van der Waals surface area contributed by atoms with E-state index in [1.54, 1.807) is 35.9 Å². The maximum atomic E-state index is 13.3. The molecule has 1 aliphatic rings. The number of hydrogen-bond donors (Lipinski definition) is 0. The van der Waals surface area contributed by atoms with Crippen LogP contribution in [0.15, 0.2) is 40.6 Å². The quantitative estimate of drug-likeness (QED) is 0.599. The van der Waals surface area contributed by atoms with Gasteiger partial charge in [0, 0.05) is 44.2 Å². The van der Waals surface area contributed by atoms with Gasteiger partial charge in [-0.15, -0.1) is 11.3 Å². The van der Waals surface area contributed by atoms with Gasteiger partial charge in [0.1, 0.15) is 15.6 Å². The SMILES string of the molecule is Cc1nn(C)c(C)c1S(=O)(=O)N1CCCN(C(=O)c2csc(-c3ccccc3)n2)CC1. The normalized spacial score (nSPS) is 15.8. The first-order valence-electron chi connectivity index (χ1n) is 10.1. The summed E-state index contributed by atoms with van der Waals surface area (Å²) in [6.45, 7) is 4.90. The predicted octanol–water partition coefficient (Wildman–Crippen LogP) is 2.70. The number of aryl methyl sites for hydroxylation is 2. The molecular weight excluding hydrogens is 434 g/mol. The third-order valence-electron chi connectivity index (χ3n) is 5.53. The molecule has 31 heavy (non-hydrogen) atoms. The average molecular weight is 460 g/mol. The summed E-state index contributed by atoms with van der Waals surface area (Å²) in [6, 6.07) is 9.74. The molecule has 1 amide bonds. The van der Waals surface area contributed by atoms with Gasteiger partial charge in [-0.3, -0.25) is 9.48 Å². The van der Waals surface area contributed by atoms with E-state index in [9.17, 15) is 13.2 Å². The fourth-order valence-electron chi connectivity index (χ4n) is 3.84. The van der Waals surface area contributed by atoms with Crippen LogP contribution in [0.3, 0.4) is 0 Å². The van der Waals surface area contributed by atoms with Crippen molar-refractivity contribution in [2.24, 2.45) is 7.05 Å². The van der Waals surface area contributed by atoms with Crippen molar-refractivity contribution in [3.05, 3.63) is 52.8 Å². The van der Waals surface area contributed by atoms with Gasteiger partial charge in [0.2, 0.25) is 10.0 Å². The molecule has 3 aromatic rings. The van der Waals surface area contributed by atoms with Crippen LogP contribution in [0.25, 0.3) is 10.6 Å². The molecule has 0 bridgehead atoms. The zero-order valence-corrected chi connectivity index (χ0v) is 19.4. The van der Waals surface area contributed by atoms with Crippen LogP contribution in [0, 0.1) is 13.8 Å². The van der Waals surface area contributed by atoms with Crippen molar-refractivity contribution in [1.29, 1.82) is 0 Å². The molecule has 0 radical (unpaired) electrons. The van der Waals surface area contributed by atoms with Crippen LogP contribution < -0.4 is 0 Å². The van der Waals surface area contributed by atoms with E-state index in [0.29, 0.717) is 43.1 Å². The fraction of sp³-hybridized carbons (Fsp3) is 0.381. The minimum absolute atomic E-state index is 0.161. The van der Waals surface area contributed by atoms with Crippen LogP contribution >= 0.6 is 11.3 Å². The highest BCUT2D eigenvalue weighted by Gasteiger charge is 2.33. The van der Waals surface area contributed by atoms with Crippen LogP contribution in [0.5, 0.6) is 0 Å². The van der Waals surface area contributed by atoms with Gasteiger partial charge in [-0.2, -0.15) is 9.40 Å². The van der Waals surface area contributed by atoms with Crippen molar-refractivity contribution in [3.8, 4) is 10.6 Å². The van der Waals surface area contributed by atoms with Crippen molar-refractivity contribution >= 4 is 27.3 Å². The van der Waals surface area contributed by atoms with Gasteiger partial charge in [-0.25, -0.2) is 13.4 Å². The number of carbonyl (C=O) groups excluding carboxylic acids is 1. The Kier molecular flexibility index (Phi) is 5.96. The number of thiazole rings is 1. The Balaban J connectivity index is 1.49. The molecule has 8 nitrogen and oxygen atoms in total. The van der Waals surface area contributed by atoms with E-state index in [4.69, 9.17) is 0 Å². The highest BCUT2D eigenvalue weighted by molar-refractivity contribution is 7.89. The van der Waals surface area contributed by atoms with E-state index in [1.807, 2.05) is 30.3 Å². The van der Waals surface area contributed by atoms with E-state index in [-0.39, 0.29) is 17.3 Å². The molecule has 1 saturated heterocycles. The van der Waals surface area contributed by atoms with E-state index >= 15 is 0 Å². The van der Waals surface area contributed by atoms with E-state index in [0.717, 1.165) is 10.6 Å². The van der Waals surface area contributed by atoms with Gasteiger partial charge in [0.25, 0.3) is 5.91 Å². The van der Waals surface area contributed by atoms with Crippen molar-refractivity contribution in [3.63, 3.8) is 0 Å². The number of carbonyl (C=O) groups is 1. The molecule has 3 heterocycles. The summed E-state index contributed by atoms with van der Waals surface area (Å²) in [5, 5.41) is 6.81. The third-order valence-corrected chi connectivity index (χ3v) is 8.57. The van der Waals surface area contributed by atoms with E-state index < -0.39 is 10.0 Å². The summed E-state index contributed by atoms with van der Waals surface area (Å²) in [4.78, 5) is 19.5. The van der Waals surface area contributed by atoms with Gasteiger partial charge in [-0.05, 0) is 20.3 Å². The fourth-order valence-corrected chi connectivity index (χ4v) is 6.51. The Hall–Kier alpha value is -2.56. The molecule has 0 aliphatic carbocycles. The van der Waals surface area contributed by atoms with Crippen LogP contribution in [0.1, 0.15) is 28.3 Å². The molecule has 10 heteroatoms. The van der Waals surface area contributed by atoms with Gasteiger partial charge in [-0.1, -0.05) is 30.3 Å². The molecule has 0 spiro atoms. The van der Waals surface area contributed by atoms with Crippen LogP contribution in [0.2, 0.25) is 0 Å². The topological polar surface area (TPSA) is 88.4 Å². The lowest BCUT2D eigenvalue weighted by Crippen LogP contribution is -2.37. The largest absolute Gasteiger partial charge is 0.336 e. The molecule has 164 valence electrons. The van der Waals surface area contributed by atoms with Gasteiger partial charge < -0.3 is 4.90 Å². The lowest BCUT2D eigenvalue weighted by atomic mass is 10.2. The Morgan fingerprint density at radius 1 is 1.06 bits per heavy atom. The number of rotatable bonds is 4. The first-order chi connectivity index (χ1) is 14.8. The number of nitrogens with zero attached hydrogens (tertiary/aromatic N) is 5. The van der Waals surface area contributed by atoms with Gasteiger partial charge in [0.05, 0.1) is 11.4 Å². The minimum atomic E-state index is -3.67. The third kappa shape index (κ3) is 4.15. The summed E-state index contributed by atoms with van der Waals surface area (Å²) in [6.07, 6.45) is 0.568. The maximum absolute atomic E-state index is 13.3. The second-order valence-electron chi connectivity index (χ2n) is 7.58. The van der Waals surface area contributed by atoms with Crippen molar-refractivity contribution < 1.29 is 13.2 Å². The van der Waals surface area contributed by atoms with E-state index in [1.165, 1.54) is 15.6 Å². The Morgan fingerprint density at radius 3 is 2.48 bits per heavy atom. The smallest absolute Gasteiger partial charge is 0.273 e. The summed E-state index contributed by atoms with van der Waals surface area (Å²) in [7, 11) is -1.94. The summed E-state index contributed by atoms with van der Waals surface area (Å²) < 4.78 is 29.6. The first-order valence-corrected chi connectivity index (χ1v) is 12.4. The molecular formula is C21H25N5O3S2. The van der Waals surface area contributed by atoms with Crippen molar-refractivity contribution in [2.45, 2.75) is 25.2 Å². The second-order valence-corrected chi connectivity index (χ2v) is 10.3. The molecule has 1 fully saturated rings. The minimum Gasteiger partial charge on any atom is -0.336 e. The number of hydrogen-bond acceptors (Lipinski definition) is 6. The molecule has 0 saturated carbocycles. The zero-order valence-electron chi connectivity index (χ0n) is 17.8. The summed E-state index contributed by atoms with van der Waals surface area (Å²) in [5.41, 5.74) is 2.49. The lowest BCUT2D eigenvalue weighted by molar-refractivity contribution is 0.0759. The van der Waals surface area contributed by atoms with Gasteiger partial charge >= 0.3 is 0 Å². The van der Waals surface area contributed by atoms with Crippen molar-refractivity contribution in [1.82, 2.24) is 24.0 Å². The van der Waals surface area contributed by atoms with Gasteiger partial charge in [0.15, 0.2) is 0 Å². The second kappa shape index (κ2) is 8.52. The zero-order chi connectivity index (χ0) is 22.2. The first kappa shape index (κ1) is 21.7. The maximum Gasteiger partial charge on any atom is 0.273 e. The van der Waals surface area contributed by atoms with Crippen LogP contribution in [-0.2, 0) is 17.1 Å². The molecule has 2 aromatic heterocycles. The van der Waals surface area contributed by atoms with Crippen molar-refractivity contribution in [2.75, 3.05) is 26.2 Å². The number of benzene rings is 1. The predicted molar refractivity (Wildman–Crippen MR) is 120 cm³/mol. The number of amides is 1. The van der Waals surface area contributed by atoms with Crippen LogP contribution in [-0.4, -0.2) is 64.5 Å². The standard InChI is InChI=1S/C21H25N5O3S2/c1-15-19(16(2)24(3)23-15)31(28,29)26-11-7-10-25(12-13-26)21(27)18-14-30-20(22-18)17-8-5-4-6-9-17/h4-6,8-9,14H,7,10-13H2,1-3H3. The monoisotopic (exact) mass is 459 g/mol. The Labute approximate surface area is 186 Å². The Bertz CT molecular complexity index is 1200. The molecule has 0 N–H and O–H groups in total. The number of aromatic nitrogens is 3. The summed E-state index contributed by atoms with van der Waals surface area (Å²) >= 11 is 1.43. The van der Waals surface area contributed by atoms with Crippen LogP contribution in [0.4, 0.5) is 0 Å². The molecule has 1 aromatic carbocycles. The Morgan fingerprint density at radius 2 is 1.81 bits per heavy atom. The average Bonchev–Trinajstić information content (AvgIpc) is 3.23. The molecule has 4 rings (SSSR count). The molecule has 0 unspecified atom stereocenters. The lowest BCUT2D eigenvalue weighted by Gasteiger charge is -2.21. The molecule has 0 atom stereocenters. The summed E-state index contributed by atoms with van der Waals surface area (Å²) in [5.74, 6) is -0.161. The van der Waals surface area contributed by atoms with E-state index in [2.05, 4.69) is 10.1 Å². The highest BCUT2D eigenvalue weighted by atomic mass is 32.2.